The van der Waals surface area contributed by atoms with Gasteiger partial charge in [0.25, 0.3) is 0 Å². The second kappa shape index (κ2) is 13.9. The first-order valence-electron chi connectivity index (χ1n) is 9.27. The molecular formula is C22H30O9. The maximum atomic E-state index is 11.4. The van der Waals surface area contributed by atoms with E-state index in [4.69, 9.17) is 23.7 Å². The van der Waals surface area contributed by atoms with Gasteiger partial charge in [0, 0.05) is 24.3 Å². The average Bonchev–Trinajstić information content (AvgIpc) is 2.77. The van der Waals surface area contributed by atoms with Gasteiger partial charge < -0.3 is 23.7 Å². The third kappa shape index (κ3) is 12.2. The molecule has 0 radical (unpaired) electrons. The van der Waals surface area contributed by atoms with Crippen LogP contribution in [0.1, 0.15) is 13.8 Å². The quantitative estimate of drug-likeness (QED) is 0.202. The molecular weight excluding hydrogens is 408 g/mol. The Morgan fingerprint density at radius 1 is 0.548 bits per heavy atom. The Hall–Kier alpha value is -3.20. The monoisotopic (exact) mass is 438 g/mol. The third-order valence-corrected chi connectivity index (χ3v) is 3.82. The van der Waals surface area contributed by atoms with Gasteiger partial charge in [-0.3, -0.25) is 0 Å². The zero-order valence-corrected chi connectivity index (χ0v) is 18.1. The van der Waals surface area contributed by atoms with Crippen molar-refractivity contribution in [2.75, 3.05) is 39.6 Å². The highest BCUT2D eigenvalue weighted by Crippen LogP contribution is 2.23. The molecule has 9 heteroatoms. The Morgan fingerprint density at radius 2 is 0.774 bits per heavy atom. The molecule has 0 spiro atoms. The molecule has 0 aromatic rings. The summed E-state index contributed by atoms with van der Waals surface area (Å²) in [4.78, 5) is 45.7. The van der Waals surface area contributed by atoms with E-state index in [0.29, 0.717) is 0 Å². The van der Waals surface area contributed by atoms with Crippen LogP contribution in [0, 0.1) is 10.8 Å². The summed E-state index contributed by atoms with van der Waals surface area (Å²) in [7, 11) is 0. The van der Waals surface area contributed by atoms with E-state index in [2.05, 4.69) is 26.3 Å². The topological polar surface area (TPSA) is 114 Å². The van der Waals surface area contributed by atoms with Crippen LogP contribution in [0.25, 0.3) is 0 Å². The van der Waals surface area contributed by atoms with Gasteiger partial charge in [-0.05, 0) is 0 Å². The van der Waals surface area contributed by atoms with Crippen molar-refractivity contribution < 1.29 is 42.9 Å². The lowest BCUT2D eigenvalue weighted by Crippen LogP contribution is -2.40. The highest BCUT2D eigenvalue weighted by molar-refractivity contribution is 5.82. The predicted molar refractivity (Wildman–Crippen MR) is 112 cm³/mol. The highest BCUT2D eigenvalue weighted by atomic mass is 16.6. The zero-order valence-electron chi connectivity index (χ0n) is 18.1. The summed E-state index contributed by atoms with van der Waals surface area (Å²) in [5.41, 5.74) is -1.79. The zero-order chi connectivity index (χ0) is 23.9. The van der Waals surface area contributed by atoms with Crippen LogP contribution in [-0.4, -0.2) is 63.5 Å². The average molecular weight is 438 g/mol. The molecule has 0 aliphatic carbocycles. The summed E-state index contributed by atoms with van der Waals surface area (Å²) in [5.74, 6) is -2.56. The fraction of sp³-hybridized carbons (Fsp3) is 0.455. The lowest BCUT2D eigenvalue weighted by molar-refractivity contribution is -0.154. The van der Waals surface area contributed by atoms with E-state index >= 15 is 0 Å². The van der Waals surface area contributed by atoms with E-state index in [-0.39, 0.29) is 39.6 Å². The van der Waals surface area contributed by atoms with E-state index in [1.807, 2.05) is 0 Å². The van der Waals surface area contributed by atoms with E-state index in [1.165, 1.54) is 0 Å². The van der Waals surface area contributed by atoms with E-state index in [1.54, 1.807) is 13.8 Å². The third-order valence-electron chi connectivity index (χ3n) is 3.82. The van der Waals surface area contributed by atoms with Crippen molar-refractivity contribution >= 4 is 23.9 Å². The molecule has 31 heavy (non-hydrogen) atoms. The Balaban J connectivity index is 5.16. The van der Waals surface area contributed by atoms with E-state index in [0.717, 1.165) is 24.3 Å². The van der Waals surface area contributed by atoms with Crippen molar-refractivity contribution in [3.63, 3.8) is 0 Å². The lowest BCUT2D eigenvalue weighted by Gasteiger charge is -2.32. The Labute approximate surface area is 182 Å². The number of carbonyl (C=O) groups is 4. The minimum atomic E-state index is -0.895. The van der Waals surface area contributed by atoms with Gasteiger partial charge in [-0.1, -0.05) is 40.2 Å². The lowest BCUT2D eigenvalue weighted by atomic mass is 9.92. The molecule has 0 aromatic heterocycles. The van der Waals surface area contributed by atoms with Crippen molar-refractivity contribution in [3.8, 4) is 0 Å². The smallest absolute Gasteiger partial charge is 0.330 e. The van der Waals surface area contributed by atoms with Crippen molar-refractivity contribution in [3.05, 3.63) is 50.6 Å². The number of esters is 4. The normalized spacial score (nSPS) is 10.9. The number of carbonyl (C=O) groups excluding carboxylic acids is 4. The van der Waals surface area contributed by atoms with Crippen LogP contribution in [-0.2, 0) is 42.9 Å². The van der Waals surface area contributed by atoms with Gasteiger partial charge in [0.2, 0.25) is 0 Å². The molecule has 0 heterocycles. The summed E-state index contributed by atoms with van der Waals surface area (Å²) in [6, 6.07) is 0. The van der Waals surface area contributed by atoms with Crippen molar-refractivity contribution in [1.82, 2.24) is 0 Å². The van der Waals surface area contributed by atoms with Crippen molar-refractivity contribution in [2.24, 2.45) is 10.8 Å². The van der Waals surface area contributed by atoms with Gasteiger partial charge in [0.05, 0.1) is 24.0 Å². The molecule has 0 saturated heterocycles. The number of hydrogen-bond acceptors (Lipinski definition) is 9. The number of rotatable bonds is 16. The second-order valence-electron chi connectivity index (χ2n) is 7.36. The standard InChI is InChI=1S/C22H30O9/c1-7-17(23)28-13-21(5,14-29-18(24)8-2)11-27-12-22(6,15-30-19(25)9-3)16-31-20(26)10-4/h7-10H,1-4,11-16H2,5-6H3. The first-order chi connectivity index (χ1) is 14.5. The fourth-order valence-corrected chi connectivity index (χ4v) is 2.01. The molecule has 0 bridgehead atoms. The maximum Gasteiger partial charge on any atom is 0.330 e. The predicted octanol–water partition coefficient (Wildman–Crippen LogP) is 1.93. The molecule has 0 saturated carbocycles. The number of ether oxygens (including phenoxy) is 5. The molecule has 0 N–H and O–H groups in total. The Bertz CT molecular complexity index is 587. The SMILES string of the molecule is C=CC(=O)OCC(C)(COCC(C)(COC(=O)C=C)COC(=O)C=C)COC(=O)C=C. The molecule has 0 unspecified atom stereocenters. The molecule has 0 fully saturated rings. The second-order valence-corrected chi connectivity index (χ2v) is 7.36. The molecule has 0 rings (SSSR count). The minimum absolute atomic E-state index is 0.00223. The first-order valence-corrected chi connectivity index (χ1v) is 9.27. The number of hydrogen-bond donors (Lipinski definition) is 0. The van der Waals surface area contributed by atoms with Crippen LogP contribution < -0.4 is 0 Å². The van der Waals surface area contributed by atoms with Crippen LogP contribution in [0.2, 0.25) is 0 Å². The molecule has 172 valence electrons. The largest absolute Gasteiger partial charge is 0.462 e. The van der Waals surface area contributed by atoms with Crippen molar-refractivity contribution in [1.29, 1.82) is 0 Å². The van der Waals surface area contributed by atoms with Gasteiger partial charge in [0.15, 0.2) is 0 Å². The van der Waals surface area contributed by atoms with Crippen LogP contribution >= 0.6 is 0 Å². The summed E-state index contributed by atoms with van der Waals surface area (Å²) >= 11 is 0. The van der Waals surface area contributed by atoms with Crippen molar-refractivity contribution in [2.45, 2.75) is 13.8 Å². The van der Waals surface area contributed by atoms with Crippen LogP contribution in [0.15, 0.2) is 50.6 Å². The first kappa shape index (κ1) is 27.8. The molecule has 0 atom stereocenters. The van der Waals surface area contributed by atoms with Crippen LogP contribution in [0.3, 0.4) is 0 Å². The summed E-state index contributed by atoms with van der Waals surface area (Å²) in [5, 5.41) is 0. The Morgan fingerprint density at radius 3 is 0.968 bits per heavy atom. The maximum absolute atomic E-state index is 11.4. The molecule has 9 nitrogen and oxygen atoms in total. The highest BCUT2D eigenvalue weighted by Gasteiger charge is 2.33. The van der Waals surface area contributed by atoms with Gasteiger partial charge in [0.1, 0.15) is 26.4 Å². The molecule has 0 aliphatic heterocycles. The Kier molecular flexibility index (Phi) is 12.5. The summed E-state index contributed by atoms with van der Waals surface area (Å²) < 4.78 is 26.1. The molecule has 0 amide bonds. The van der Waals surface area contributed by atoms with Crippen LogP contribution in [0.5, 0.6) is 0 Å². The fourth-order valence-electron chi connectivity index (χ4n) is 2.01. The van der Waals surface area contributed by atoms with Gasteiger partial charge in [-0.25, -0.2) is 19.2 Å². The van der Waals surface area contributed by atoms with E-state index < -0.39 is 34.7 Å². The van der Waals surface area contributed by atoms with E-state index in [9.17, 15) is 19.2 Å². The van der Waals surface area contributed by atoms with Gasteiger partial charge >= 0.3 is 23.9 Å². The van der Waals surface area contributed by atoms with Gasteiger partial charge in [-0.2, -0.15) is 0 Å². The minimum Gasteiger partial charge on any atom is -0.462 e. The summed E-state index contributed by atoms with van der Waals surface area (Å²) in [6.07, 6.45) is 4.04. The molecule has 0 aromatic carbocycles. The van der Waals surface area contributed by atoms with Gasteiger partial charge in [-0.15, -0.1) is 0 Å². The summed E-state index contributed by atoms with van der Waals surface area (Å²) in [6.45, 7) is 16.2. The molecule has 0 aliphatic rings. The van der Waals surface area contributed by atoms with Crippen LogP contribution in [0.4, 0.5) is 0 Å².